The Morgan fingerprint density at radius 3 is 2.90 bits per heavy atom. The van der Waals surface area contributed by atoms with E-state index in [2.05, 4.69) is 39.9 Å². The number of ether oxygens (including phenoxy) is 1. The lowest BCUT2D eigenvalue weighted by atomic mass is 10.2. The highest BCUT2D eigenvalue weighted by atomic mass is 32.1. The summed E-state index contributed by atoms with van der Waals surface area (Å²) < 4.78 is 7.30. The van der Waals surface area contributed by atoms with Crippen LogP contribution in [0.5, 0.6) is 5.75 Å². The molecular formula is C17H18N2OS. The van der Waals surface area contributed by atoms with Crippen molar-refractivity contribution in [3.63, 3.8) is 0 Å². The molecule has 0 amide bonds. The monoisotopic (exact) mass is 298 g/mol. The number of nitrogens with one attached hydrogen (secondary N) is 1. The average molecular weight is 298 g/mol. The zero-order chi connectivity index (χ0) is 14.7. The Morgan fingerprint density at radius 2 is 2.05 bits per heavy atom. The molecule has 21 heavy (non-hydrogen) atoms. The van der Waals surface area contributed by atoms with Gasteiger partial charge < -0.3 is 10.1 Å². The number of rotatable bonds is 5. The van der Waals surface area contributed by atoms with Crippen LogP contribution in [0.1, 0.15) is 17.0 Å². The highest BCUT2D eigenvalue weighted by molar-refractivity contribution is 7.17. The van der Waals surface area contributed by atoms with Gasteiger partial charge in [0.15, 0.2) is 0 Å². The number of pyridine rings is 1. The van der Waals surface area contributed by atoms with Gasteiger partial charge in [0.25, 0.3) is 0 Å². The number of aryl methyl sites for hydroxylation is 1. The van der Waals surface area contributed by atoms with E-state index >= 15 is 0 Å². The van der Waals surface area contributed by atoms with Gasteiger partial charge in [0.1, 0.15) is 12.4 Å². The molecule has 0 saturated carbocycles. The molecule has 1 N–H and O–H groups in total. The summed E-state index contributed by atoms with van der Waals surface area (Å²) in [5, 5.41) is 6.58. The van der Waals surface area contributed by atoms with Crippen molar-refractivity contribution in [1.29, 1.82) is 0 Å². The van der Waals surface area contributed by atoms with Crippen LogP contribution < -0.4 is 10.1 Å². The summed E-state index contributed by atoms with van der Waals surface area (Å²) in [5.41, 5.74) is 3.19. The lowest BCUT2D eigenvalue weighted by Gasteiger charge is -2.11. The van der Waals surface area contributed by atoms with E-state index in [0.717, 1.165) is 17.1 Å². The van der Waals surface area contributed by atoms with Crippen molar-refractivity contribution in [2.24, 2.45) is 0 Å². The van der Waals surface area contributed by atoms with Crippen molar-refractivity contribution in [1.82, 2.24) is 10.3 Å². The number of aromatic nitrogens is 1. The van der Waals surface area contributed by atoms with E-state index in [9.17, 15) is 0 Å². The Morgan fingerprint density at radius 1 is 1.19 bits per heavy atom. The summed E-state index contributed by atoms with van der Waals surface area (Å²) in [6, 6.07) is 12.4. The third kappa shape index (κ3) is 3.06. The van der Waals surface area contributed by atoms with Crippen LogP contribution in [0.15, 0.2) is 41.8 Å². The third-order valence-corrected chi connectivity index (χ3v) is 4.37. The molecule has 0 bridgehead atoms. The Balaban J connectivity index is 1.81. The van der Waals surface area contributed by atoms with E-state index in [0.29, 0.717) is 13.2 Å². The van der Waals surface area contributed by atoms with E-state index in [4.69, 9.17) is 4.74 Å². The van der Waals surface area contributed by atoms with Crippen LogP contribution in [0.4, 0.5) is 0 Å². The van der Waals surface area contributed by atoms with Gasteiger partial charge in [-0.2, -0.15) is 0 Å². The molecule has 1 aromatic carbocycles. The number of benzene rings is 1. The largest absolute Gasteiger partial charge is 0.487 e. The van der Waals surface area contributed by atoms with E-state index in [1.165, 1.54) is 15.6 Å². The van der Waals surface area contributed by atoms with E-state index < -0.39 is 0 Å². The summed E-state index contributed by atoms with van der Waals surface area (Å²) in [7, 11) is 1.92. The number of fused-ring (bicyclic) bond motifs is 1. The maximum Gasteiger partial charge on any atom is 0.142 e. The second-order valence-electron chi connectivity index (χ2n) is 4.97. The smallest absolute Gasteiger partial charge is 0.142 e. The summed E-state index contributed by atoms with van der Waals surface area (Å²) in [5.74, 6) is 0.852. The van der Waals surface area contributed by atoms with Crippen LogP contribution in [-0.4, -0.2) is 12.0 Å². The first-order chi connectivity index (χ1) is 10.3. The van der Waals surface area contributed by atoms with Crippen molar-refractivity contribution in [3.8, 4) is 5.75 Å². The minimum atomic E-state index is 0.575. The van der Waals surface area contributed by atoms with Gasteiger partial charge in [-0.3, -0.25) is 4.98 Å². The van der Waals surface area contributed by atoms with Crippen LogP contribution in [-0.2, 0) is 13.2 Å². The average Bonchev–Trinajstić information content (AvgIpc) is 2.90. The molecule has 2 aromatic heterocycles. The fraction of sp³-hybridized carbons (Fsp3) is 0.235. The molecule has 0 atom stereocenters. The molecule has 3 rings (SSSR count). The molecule has 0 aliphatic heterocycles. The van der Waals surface area contributed by atoms with Gasteiger partial charge in [0, 0.05) is 22.5 Å². The molecule has 0 saturated heterocycles. The second-order valence-corrected chi connectivity index (χ2v) is 5.88. The van der Waals surface area contributed by atoms with Crippen molar-refractivity contribution in [2.45, 2.75) is 20.1 Å². The maximum absolute atomic E-state index is 6.00. The zero-order valence-corrected chi connectivity index (χ0v) is 13.0. The molecule has 3 aromatic rings. The number of hydrogen-bond donors (Lipinski definition) is 1. The molecule has 0 aliphatic rings. The van der Waals surface area contributed by atoms with E-state index in [-0.39, 0.29) is 0 Å². The lowest BCUT2D eigenvalue weighted by Crippen LogP contribution is -2.10. The molecule has 0 fully saturated rings. The van der Waals surface area contributed by atoms with Crippen LogP contribution in [0.25, 0.3) is 10.1 Å². The Hall–Kier alpha value is -1.91. The quantitative estimate of drug-likeness (QED) is 0.775. The molecule has 4 heteroatoms. The maximum atomic E-state index is 6.00. The molecule has 0 spiro atoms. The molecule has 0 unspecified atom stereocenters. The normalized spacial score (nSPS) is 11.0. The number of thiophene rings is 1. The van der Waals surface area contributed by atoms with E-state index in [1.54, 1.807) is 11.3 Å². The molecule has 3 nitrogen and oxygen atoms in total. The van der Waals surface area contributed by atoms with Crippen LogP contribution in [0.2, 0.25) is 0 Å². The summed E-state index contributed by atoms with van der Waals surface area (Å²) in [4.78, 5) is 4.54. The molecule has 2 heterocycles. The van der Waals surface area contributed by atoms with Gasteiger partial charge in [0.2, 0.25) is 0 Å². The highest BCUT2D eigenvalue weighted by Crippen LogP contribution is 2.27. The summed E-state index contributed by atoms with van der Waals surface area (Å²) >= 11 is 1.76. The molecular weight excluding hydrogens is 280 g/mol. The van der Waals surface area contributed by atoms with Crippen molar-refractivity contribution in [2.75, 3.05) is 7.05 Å². The van der Waals surface area contributed by atoms with Gasteiger partial charge in [-0.15, -0.1) is 11.3 Å². The Kier molecular flexibility index (Phi) is 4.18. The Bertz CT molecular complexity index is 751. The standard InChI is InChI=1S/C17H18N2OS/c1-12-7-8-16(15(19-12)9-18-2)20-10-13-11-21-17-6-4-3-5-14(13)17/h3-8,11,18H,9-10H2,1-2H3. The number of nitrogens with zero attached hydrogens (tertiary/aromatic N) is 1. The fourth-order valence-electron chi connectivity index (χ4n) is 2.32. The first kappa shape index (κ1) is 14.0. The SMILES string of the molecule is CNCc1nc(C)ccc1OCc1csc2ccccc12. The van der Waals surface area contributed by atoms with Crippen LogP contribution in [0.3, 0.4) is 0 Å². The predicted octanol–water partition coefficient (Wildman–Crippen LogP) is 3.90. The van der Waals surface area contributed by atoms with Gasteiger partial charge in [0.05, 0.1) is 5.69 Å². The minimum Gasteiger partial charge on any atom is -0.487 e. The zero-order valence-electron chi connectivity index (χ0n) is 12.2. The first-order valence-electron chi connectivity index (χ1n) is 6.97. The molecule has 108 valence electrons. The topological polar surface area (TPSA) is 34.2 Å². The van der Waals surface area contributed by atoms with Crippen LogP contribution in [0, 0.1) is 6.92 Å². The van der Waals surface area contributed by atoms with Gasteiger partial charge in [-0.1, -0.05) is 18.2 Å². The number of hydrogen-bond acceptors (Lipinski definition) is 4. The third-order valence-electron chi connectivity index (χ3n) is 3.36. The fourth-order valence-corrected chi connectivity index (χ4v) is 3.27. The lowest BCUT2D eigenvalue weighted by molar-refractivity contribution is 0.302. The van der Waals surface area contributed by atoms with Gasteiger partial charge >= 0.3 is 0 Å². The minimum absolute atomic E-state index is 0.575. The van der Waals surface area contributed by atoms with Crippen LogP contribution >= 0.6 is 11.3 Å². The van der Waals surface area contributed by atoms with Gasteiger partial charge in [-0.05, 0) is 42.9 Å². The highest BCUT2D eigenvalue weighted by Gasteiger charge is 2.08. The van der Waals surface area contributed by atoms with E-state index in [1.807, 2.05) is 26.1 Å². The predicted molar refractivity (Wildman–Crippen MR) is 87.9 cm³/mol. The van der Waals surface area contributed by atoms with Crippen molar-refractivity contribution in [3.05, 3.63) is 58.7 Å². The first-order valence-corrected chi connectivity index (χ1v) is 7.85. The van der Waals surface area contributed by atoms with Crippen molar-refractivity contribution >= 4 is 21.4 Å². The van der Waals surface area contributed by atoms with Crippen molar-refractivity contribution < 1.29 is 4.74 Å². The molecule has 0 radical (unpaired) electrons. The second kappa shape index (κ2) is 6.24. The Labute approximate surface area is 128 Å². The summed E-state index contributed by atoms with van der Waals surface area (Å²) in [6.45, 7) is 3.28. The molecule has 0 aliphatic carbocycles. The summed E-state index contributed by atoms with van der Waals surface area (Å²) in [6.07, 6.45) is 0. The van der Waals surface area contributed by atoms with Gasteiger partial charge in [-0.25, -0.2) is 0 Å².